The molecular weight excluding hydrogens is 641 g/mol. The second-order valence-electron chi connectivity index (χ2n) is 12.8. The van der Waals surface area contributed by atoms with E-state index in [9.17, 15) is 5.48 Å². The van der Waals surface area contributed by atoms with Crippen LogP contribution in [0.15, 0.2) is 188 Å². The Morgan fingerprint density at radius 2 is 1.04 bits per heavy atom. The molecule has 0 aliphatic carbocycles. The highest BCUT2D eigenvalue weighted by Crippen LogP contribution is 2.47. The van der Waals surface area contributed by atoms with Gasteiger partial charge < -0.3 is 0 Å². The molecule has 53 heavy (non-hydrogen) atoms. The topological polar surface area (TPSA) is 17.8 Å². The number of fused-ring (bicyclic) bond motifs is 4. The Morgan fingerprint density at radius 1 is 0.509 bits per heavy atom. The van der Waals surface area contributed by atoms with Crippen LogP contribution in [-0.4, -0.2) is 9.55 Å². The minimum absolute atomic E-state index is 0.0327. The van der Waals surface area contributed by atoms with E-state index >= 15 is 0 Å². The van der Waals surface area contributed by atoms with Crippen molar-refractivity contribution in [1.29, 1.82) is 0 Å². The van der Waals surface area contributed by atoms with Gasteiger partial charge in [-0.3, -0.25) is 4.57 Å². The van der Waals surface area contributed by atoms with Crippen LogP contribution in [-0.2, 0) is 6.37 Å². The molecule has 0 radical (unpaired) electrons. The number of imidazole rings is 1. The van der Waals surface area contributed by atoms with Crippen molar-refractivity contribution in [1.82, 2.24) is 9.55 Å². The molecule has 0 spiro atoms. The summed E-state index contributed by atoms with van der Waals surface area (Å²) in [7, 11) is 0. The van der Waals surface area contributed by atoms with Crippen LogP contribution in [0.3, 0.4) is 0 Å². The first-order valence-electron chi connectivity index (χ1n) is 23.7. The third kappa shape index (κ3) is 5.14. The molecule has 0 unspecified atom stereocenters. The van der Waals surface area contributed by atoms with Gasteiger partial charge in [0.1, 0.15) is 5.82 Å². The molecule has 9 aromatic carbocycles. The van der Waals surface area contributed by atoms with Gasteiger partial charge in [0.05, 0.1) is 27.7 Å². The highest BCUT2D eigenvalue weighted by molar-refractivity contribution is 6.24. The van der Waals surface area contributed by atoms with Crippen molar-refractivity contribution in [2.24, 2.45) is 0 Å². The predicted molar refractivity (Wildman–Crippen MR) is 225 cm³/mol. The Morgan fingerprint density at radius 3 is 1.66 bits per heavy atom. The lowest BCUT2D eigenvalue weighted by Crippen LogP contribution is -2.01. The highest BCUT2D eigenvalue weighted by atomic mass is 15.1. The first-order chi connectivity index (χ1) is 31.5. The van der Waals surface area contributed by atoms with Gasteiger partial charge in [-0.05, 0) is 108 Å². The lowest BCUT2D eigenvalue weighted by molar-refractivity contribution is 0.913. The molecule has 0 fully saturated rings. The summed E-state index contributed by atoms with van der Waals surface area (Å²) in [5, 5.41) is 1.13. The number of hydrogen-bond donors (Lipinski definition) is 0. The number of nitrogens with zero attached hydrogens (tertiary/aromatic N) is 2. The van der Waals surface area contributed by atoms with Crippen LogP contribution in [0.25, 0.3) is 93.5 Å². The van der Waals surface area contributed by atoms with E-state index in [1.165, 1.54) is 4.57 Å². The van der Waals surface area contributed by atoms with E-state index in [1.807, 2.05) is 78.9 Å². The van der Waals surface area contributed by atoms with Gasteiger partial charge in [0.2, 0.25) is 0 Å². The summed E-state index contributed by atoms with van der Waals surface area (Å²) in [4.78, 5) is 4.52. The van der Waals surface area contributed by atoms with Crippen molar-refractivity contribution in [2.75, 3.05) is 0 Å². The van der Waals surface area contributed by atoms with Crippen LogP contribution in [0.2, 0.25) is 0 Å². The third-order valence-electron chi connectivity index (χ3n) is 9.89. The van der Waals surface area contributed by atoms with Gasteiger partial charge in [-0.2, -0.15) is 0 Å². The summed E-state index contributed by atoms with van der Waals surface area (Å²) in [6.07, 6.45) is -2.90. The van der Waals surface area contributed by atoms with E-state index in [-0.39, 0.29) is 38.5 Å². The van der Waals surface area contributed by atoms with E-state index < -0.39 is 61.6 Å². The molecule has 0 amide bonds. The van der Waals surface area contributed by atoms with Crippen molar-refractivity contribution in [3.05, 3.63) is 194 Å². The molecule has 0 saturated carbocycles. The van der Waals surface area contributed by atoms with Crippen LogP contribution >= 0.6 is 0 Å². The van der Waals surface area contributed by atoms with Crippen molar-refractivity contribution in [2.45, 2.75) is 13.2 Å². The van der Waals surface area contributed by atoms with Gasteiger partial charge in [-0.15, -0.1) is 0 Å². The van der Waals surface area contributed by atoms with Crippen molar-refractivity contribution < 1.29 is 17.8 Å². The van der Waals surface area contributed by atoms with E-state index in [0.717, 1.165) is 22.3 Å². The van der Waals surface area contributed by atoms with E-state index in [1.54, 1.807) is 60.7 Å². The van der Waals surface area contributed by atoms with Crippen molar-refractivity contribution in [3.63, 3.8) is 0 Å². The number of benzene rings is 9. The van der Waals surface area contributed by atoms with Crippen molar-refractivity contribution in [3.8, 4) is 50.2 Å². The summed E-state index contributed by atoms with van der Waals surface area (Å²) in [5.41, 5.74) is 5.61. The molecule has 0 aliphatic heterocycles. The number of hydrogen-bond acceptors (Lipinski definition) is 1. The van der Waals surface area contributed by atoms with E-state index in [4.69, 9.17) is 12.3 Å². The molecule has 0 bridgehead atoms. The SMILES string of the molecule is [2H]c1c([2H])c([2H])c2c(-c3ccc(-n4c(C([2H])([2H])C([2H])([2H])[2H])nc5ccccc54)c4ccccc34)c3c([2H])c([2H])c([2H])c([2H])c3c(-c3cc(-c4ccccc4)cc(-c4ccccc4)c3)c2c1[2H]. The molecule has 2 nitrogen and oxygen atoms in total. The maximum Gasteiger partial charge on any atom is 0.114 e. The number of aromatic nitrogens is 2. The molecule has 0 N–H and O–H groups in total. The number of para-hydroxylation sites is 2. The standard InChI is InChI=1S/C51H36N2/c1-2-49-52-46-27-15-16-28-48(46)53(49)47-30-29-45(39-21-9-10-22-40(39)47)51-43-25-13-11-23-41(43)50(42-24-12-14-26-44(42)51)38-32-36(34-17-5-3-6-18-34)31-37(33-38)35-19-7-4-8-20-35/h3-33H,2H2,1H3/i1D3,2D2,11D,12D,13D,14D,23D,24D,25D,26D. The van der Waals surface area contributed by atoms with E-state index in [0.29, 0.717) is 38.6 Å². The maximum atomic E-state index is 9.64. The zero-order chi connectivity index (χ0) is 46.6. The van der Waals surface area contributed by atoms with Gasteiger partial charge in [-0.25, -0.2) is 4.98 Å². The normalized spacial score (nSPS) is 15.6. The molecule has 0 aliphatic rings. The number of aryl methyl sites for hydroxylation is 1. The highest BCUT2D eigenvalue weighted by Gasteiger charge is 2.21. The van der Waals surface area contributed by atoms with Crippen LogP contribution in [0.5, 0.6) is 0 Å². The van der Waals surface area contributed by atoms with Gasteiger partial charge in [-0.1, -0.05) is 158 Å². The monoisotopic (exact) mass is 689 g/mol. The van der Waals surface area contributed by atoms with Crippen LogP contribution < -0.4 is 0 Å². The molecule has 10 aromatic rings. The Bertz CT molecular complexity index is 3500. The maximum absolute atomic E-state index is 9.64. The molecular formula is C51H36N2. The van der Waals surface area contributed by atoms with Gasteiger partial charge in [0.15, 0.2) is 0 Å². The van der Waals surface area contributed by atoms with Crippen LogP contribution in [0, 0.1) is 0 Å². The number of rotatable bonds is 6. The smallest absolute Gasteiger partial charge is 0.114 e. The fourth-order valence-electron chi connectivity index (χ4n) is 7.60. The Labute approximate surface area is 327 Å². The summed E-state index contributed by atoms with van der Waals surface area (Å²) >= 11 is 0. The second-order valence-corrected chi connectivity index (χ2v) is 12.8. The molecule has 0 saturated heterocycles. The Hall–Kier alpha value is -6.77. The van der Waals surface area contributed by atoms with Crippen LogP contribution in [0.1, 0.15) is 30.5 Å². The van der Waals surface area contributed by atoms with Crippen LogP contribution in [0.4, 0.5) is 0 Å². The van der Waals surface area contributed by atoms with Gasteiger partial charge >= 0.3 is 0 Å². The average Bonchev–Trinajstić information content (AvgIpc) is 3.73. The molecule has 1 aromatic heterocycles. The van der Waals surface area contributed by atoms with Gasteiger partial charge in [0, 0.05) is 18.6 Å². The van der Waals surface area contributed by atoms with Crippen molar-refractivity contribution >= 4 is 43.4 Å². The summed E-state index contributed by atoms with van der Waals surface area (Å²) in [5.74, 6) is -0.349. The average molecular weight is 690 g/mol. The first kappa shape index (κ1) is 20.3. The minimum atomic E-state index is -3.10. The quantitative estimate of drug-likeness (QED) is 0.159. The fourth-order valence-corrected chi connectivity index (χ4v) is 7.60. The molecule has 250 valence electrons. The second kappa shape index (κ2) is 12.8. The molecule has 0 atom stereocenters. The Kier molecular flexibility index (Phi) is 4.90. The zero-order valence-electron chi connectivity index (χ0n) is 41.2. The zero-order valence-corrected chi connectivity index (χ0v) is 28.2. The van der Waals surface area contributed by atoms with Gasteiger partial charge in [0.25, 0.3) is 0 Å². The minimum Gasteiger partial charge on any atom is -0.296 e. The largest absolute Gasteiger partial charge is 0.296 e. The van der Waals surface area contributed by atoms with E-state index in [2.05, 4.69) is 4.98 Å². The lowest BCUT2D eigenvalue weighted by atomic mass is 9.83. The predicted octanol–water partition coefficient (Wildman–Crippen LogP) is 13.7. The fraction of sp³-hybridized carbons (Fsp3) is 0.0392. The molecule has 10 rings (SSSR count). The molecule has 1 heterocycles. The molecule has 2 heteroatoms. The lowest BCUT2D eigenvalue weighted by Gasteiger charge is -2.21. The third-order valence-corrected chi connectivity index (χ3v) is 9.89. The summed E-state index contributed by atoms with van der Waals surface area (Å²) in [6, 6.07) is 38.5. The summed E-state index contributed by atoms with van der Waals surface area (Å²) in [6.45, 7) is -3.10. The summed E-state index contributed by atoms with van der Waals surface area (Å²) < 4.78 is 118. The first-order valence-corrected chi connectivity index (χ1v) is 17.2. The Balaban J connectivity index is 1.39.